The second kappa shape index (κ2) is 5.85. The summed E-state index contributed by atoms with van der Waals surface area (Å²) in [6, 6.07) is 1.43. The summed E-state index contributed by atoms with van der Waals surface area (Å²) in [5.41, 5.74) is 0.471. The van der Waals surface area contributed by atoms with Gasteiger partial charge in [-0.2, -0.15) is 5.10 Å². The molecule has 0 amide bonds. The van der Waals surface area contributed by atoms with E-state index in [4.69, 9.17) is 11.6 Å². The second-order valence-electron chi connectivity index (χ2n) is 1.95. The number of hydrogen-bond donors (Lipinski definition) is 2. The Kier molecular flexibility index (Phi) is 5.49. The lowest BCUT2D eigenvalue weighted by Crippen LogP contribution is -2.10. The predicted molar refractivity (Wildman–Crippen MR) is 51.3 cm³/mol. The van der Waals surface area contributed by atoms with E-state index in [-0.39, 0.29) is 18.0 Å². The van der Waals surface area contributed by atoms with Crippen molar-refractivity contribution in [3.8, 4) is 0 Å². The Hall–Kier alpha value is -0.740. The van der Waals surface area contributed by atoms with Gasteiger partial charge in [-0.25, -0.2) is 5.10 Å². The largest absolute Gasteiger partial charge is 0.382 e. The molecule has 0 radical (unpaired) electrons. The van der Waals surface area contributed by atoms with Gasteiger partial charge >= 0.3 is 0 Å². The maximum atomic E-state index is 10.7. The predicted octanol–water partition coefficient (Wildman–Crippen LogP) is 0.842. The first kappa shape index (κ1) is 11.3. The quantitative estimate of drug-likeness (QED) is 0.727. The van der Waals surface area contributed by atoms with E-state index in [1.54, 1.807) is 0 Å². The fraction of sp³-hybridized carbons (Fsp3) is 0.333. The third kappa shape index (κ3) is 3.59. The van der Waals surface area contributed by atoms with Crippen LogP contribution in [-0.2, 0) is 0 Å². The van der Waals surface area contributed by atoms with E-state index in [9.17, 15) is 4.79 Å². The van der Waals surface area contributed by atoms with Gasteiger partial charge < -0.3 is 5.32 Å². The zero-order valence-corrected chi connectivity index (χ0v) is 7.78. The molecule has 1 heterocycles. The van der Waals surface area contributed by atoms with Crippen molar-refractivity contribution < 1.29 is 0 Å². The number of aromatic amines is 1. The monoisotopic (exact) mass is 209 g/mol. The standard InChI is InChI=1S/C6H8ClN3O.ClH/c7-1-2-8-5-3-6(11)10-9-4-5;/h3-4H,1-2H2,(H2,8,10,11);1H. The summed E-state index contributed by atoms with van der Waals surface area (Å²) < 4.78 is 0. The van der Waals surface area contributed by atoms with Crippen molar-refractivity contribution in [1.29, 1.82) is 0 Å². The average Bonchev–Trinajstić information content (AvgIpc) is 2.01. The van der Waals surface area contributed by atoms with E-state index in [1.165, 1.54) is 12.3 Å². The van der Waals surface area contributed by atoms with E-state index in [2.05, 4.69) is 15.5 Å². The molecule has 0 saturated carbocycles. The molecule has 1 rings (SSSR count). The Morgan fingerprint density at radius 1 is 1.67 bits per heavy atom. The lowest BCUT2D eigenvalue weighted by molar-refractivity contribution is 0.985. The van der Waals surface area contributed by atoms with Gasteiger partial charge in [-0.15, -0.1) is 24.0 Å². The van der Waals surface area contributed by atoms with Crippen molar-refractivity contribution >= 4 is 29.7 Å². The Labute approximate surface area is 80.7 Å². The summed E-state index contributed by atoms with van der Waals surface area (Å²) in [6.45, 7) is 0.632. The first-order chi connectivity index (χ1) is 5.33. The Balaban J connectivity index is 0.00000121. The van der Waals surface area contributed by atoms with Gasteiger partial charge in [0.25, 0.3) is 5.56 Å². The molecule has 1 aromatic rings. The second-order valence-corrected chi connectivity index (χ2v) is 2.33. The van der Waals surface area contributed by atoms with Crippen molar-refractivity contribution in [3.63, 3.8) is 0 Å². The molecular formula is C6H9Cl2N3O. The molecule has 6 heteroatoms. The molecule has 4 nitrogen and oxygen atoms in total. The summed E-state index contributed by atoms with van der Waals surface area (Å²) in [7, 11) is 0. The van der Waals surface area contributed by atoms with Crippen molar-refractivity contribution in [2.75, 3.05) is 17.7 Å². The number of H-pyrrole nitrogens is 1. The average molecular weight is 210 g/mol. The summed E-state index contributed by atoms with van der Waals surface area (Å²) in [5, 5.41) is 8.78. The summed E-state index contributed by atoms with van der Waals surface area (Å²) in [6.07, 6.45) is 1.54. The van der Waals surface area contributed by atoms with Crippen LogP contribution >= 0.6 is 24.0 Å². The number of halogens is 2. The van der Waals surface area contributed by atoms with Crippen LogP contribution in [-0.4, -0.2) is 22.6 Å². The van der Waals surface area contributed by atoms with E-state index in [1.807, 2.05) is 0 Å². The molecule has 0 bridgehead atoms. The van der Waals surface area contributed by atoms with Crippen LogP contribution in [0.3, 0.4) is 0 Å². The van der Waals surface area contributed by atoms with Gasteiger partial charge in [0, 0.05) is 18.5 Å². The van der Waals surface area contributed by atoms with E-state index in [0.29, 0.717) is 18.1 Å². The van der Waals surface area contributed by atoms with Crippen LogP contribution in [0.4, 0.5) is 5.69 Å². The van der Waals surface area contributed by atoms with Gasteiger partial charge in [-0.3, -0.25) is 4.79 Å². The molecule has 0 unspecified atom stereocenters. The molecule has 0 atom stereocenters. The number of nitrogens with one attached hydrogen (secondary N) is 2. The number of anilines is 1. The van der Waals surface area contributed by atoms with Crippen LogP contribution in [0.25, 0.3) is 0 Å². The Bertz CT molecular complexity index is 275. The van der Waals surface area contributed by atoms with Crippen LogP contribution in [0.1, 0.15) is 0 Å². The number of aromatic nitrogens is 2. The minimum atomic E-state index is -0.218. The van der Waals surface area contributed by atoms with E-state index >= 15 is 0 Å². The third-order valence-electron chi connectivity index (χ3n) is 1.09. The van der Waals surface area contributed by atoms with E-state index in [0.717, 1.165) is 0 Å². The summed E-state index contributed by atoms with van der Waals surface area (Å²) >= 11 is 5.42. The molecule has 68 valence electrons. The third-order valence-corrected chi connectivity index (χ3v) is 1.28. The maximum Gasteiger partial charge on any atom is 0.266 e. The van der Waals surface area contributed by atoms with Gasteiger partial charge in [-0.1, -0.05) is 0 Å². The normalized spacial score (nSPS) is 8.75. The van der Waals surface area contributed by atoms with Crippen LogP contribution < -0.4 is 10.9 Å². The molecule has 0 aromatic carbocycles. The smallest absolute Gasteiger partial charge is 0.266 e. The molecule has 2 N–H and O–H groups in total. The fourth-order valence-electron chi connectivity index (χ4n) is 0.664. The van der Waals surface area contributed by atoms with Gasteiger partial charge in [0.05, 0.1) is 11.9 Å². The minimum Gasteiger partial charge on any atom is -0.382 e. The van der Waals surface area contributed by atoms with Gasteiger partial charge in [0.1, 0.15) is 0 Å². The summed E-state index contributed by atoms with van der Waals surface area (Å²) in [4.78, 5) is 10.7. The highest BCUT2D eigenvalue weighted by atomic mass is 35.5. The number of alkyl halides is 1. The minimum absolute atomic E-state index is 0. The molecule has 0 aliphatic rings. The number of hydrogen-bond acceptors (Lipinski definition) is 3. The van der Waals surface area contributed by atoms with Crippen molar-refractivity contribution in [2.45, 2.75) is 0 Å². The molecule has 0 saturated heterocycles. The lowest BCUT2D eigenvalue weighted by atomic mass is 10.4. The topological polar surface area (TPSA) is 57.8 Å². The molecule has 1 aromatic heterocycles. The van der Waals surface area contributed by atoms with Crippen LogP contribution in [0, 0.1) is 0 Å². The highest BCUT2D eigenvalue weighted by Crippen LogP contribution is 1.96. The van der Waals surface area contributed by atoms with E-state index < -0.39 is 0 Å². The molecule has 0 fully saturated rings. The number of rotatable bonds is 3. The molecule has 0 aliphatic heterocycles. The lowest BCUT2D eigenvalue weighted by Gasteiger charge is -1.99. The van der Waals surface area contributed by atoms with Crippen molar-refractivity contribution in [1.82, 2.24) is 10.2 Å². The van der Waals surface area contributed by atoms with Gasteiger partial charge in [0.2, 0.25) is 0 Å². The van der Waals surface area contributed by atoms with Crippen molar-refractivity contribution in [3.05, 3.63) is 22.6 Å². The molecule has 0 spiro atoms. The highest BCUT2D eigenvalue weighted by molar-refractivity contribution is 6.18. The highest BCUT2D eigenvalue weighted by Gasteiger charge is 1.90. The first-order valence-electron chi connectivity index (χ1n) is 3.17. The number of nitrogens with zero attached hydrogens (tertiary/aromatic N) is 1. The first-order valence-corrected chi connectivity index (χ1v) is 3.71. The van der Waals surface area contributed by atoms with Crippen LogP contribution in [0.5, 0.6) is 0 Å². The van der Waals surface area contributed by atoms with Gasteiger partial charge in [0.15, 0.2) is 0 Å². The Morgan fingerprint density at radius 3 is 3.00 bits per heavy atom. The van der Waals surface area contributed by atoms with Crippen molar-refractivity contribution in [2.24, 2.45) is 0 Å². The zero-order valence-electron chi connectivity index (χ0n) is 6.21. The molecular weight excluding hydrogens is 201 g/mol. The molecule has 12 heavy (non-hydrogen) atoms. The maximum absolute atomic E-state index is 10.7. The zero-order chi connectivity index (χ0) is 8.10. The van der Waals surface area contributed by atoms with Crippen LogP contribution in [0.2, 0.25) is 0 Å². The van der Waals surface area contributed by atoms with Crippen LogP contribution in [0.15, 0.2) is 17.1 Å². The summed E-state index contributed by atoms with van der Waals surface area (Å²) in [5.74, 6) is 0.507. The Morgan fingerprint density at radius 2 is 2.42 bits per heavy atom. The SMILES string of the molecule is Cl.O=c1cc(NCCCl)cn[nH]1. The fourth-order valence-corrected chi connectivity index (χ4v) is 0.759. The molecule has 0 aliphatic carbocycles. The van der Waals surface area contributed by atoms with Gasteiger partial charge in [-0.05, 0) is 0 Å².